The molecule has 1 unspecified atom stereocenters. The first-order chi connectivity index (χ1) is 14.0. The lowest BCUT2D eigenvalue weighted by Gasteiger charge is -2.19. The maximum Gasteiger partial charge on any atom is 0.412 e. The standard InChI is InChI=1S/C22H25ClN2O5/c1-14(19(26)24-13-16-7-5-6-8-18(16)23)29-20(27)15-9-11-17(12-10-15)25-21(28)30-22(2,3)4/h5-12,14H,13H2,1-4H3,(H,24,26)(H,25,28). The summed E-state index contributed by atoms with van der Waals surface area (Å²) >= 11 is 6.06. The predicted molar refractivity (Wildman–Crippen MR) is 114 cm³/mol. The van der Waals surface area contributed by atoms with E-state index >= 15 is 0 Å². The van der Waals surface area contributed by atoms with Gasteiger partial charge in [-0.3, -0.25) is 10.1 Å². The fourth-order valence-electron chi connectivity index (χ4n) is 2.36. The van der Waals surface area contributed by atoms with Crippen LogP contribution in [-0.2, 0) is 20.8 Å². The molecular weight excluding hydrogens is 408 g/mol. The lowest BCUT2D eigenvalue weighted by molar-refractivity contribution is -0.129. The van der Waals surface area contributed by atoms with Crippen LogP contribution in [0.1, 0.15) is 43.6 Å². The van der Waals surface area contributed by atoms with Gasteiger partial charge in [0.2, 0.25) is 0 Å². The van der Waals surface area contributed by atoms with Gasteiger partial charge in [-0.25, -0.2) is 9.59 Å². The molecule has 0 radical (unpaired) electrons. The van der Waals surface area contributed by atoms with Crippen molar-refractivity contribution in [3.05, 3.63) is 64.7 Å². The summed E-state index contributed by atoms with van der Waals surface area (Å²) in [6.07, 6.45) is -1.58. The summed E-state index contributed by atoms with van der Waals surface area (Å²) in [6.45, 7) is 7.00. The minimum absolute atomic E-state index is 0.228. The highest BCUT2D eigenvalue weighted by Crippen LogP contribution is 2.15. The fraction of sp³-hybridized carbons (Fsp3) is 0.318. The molecule has 30 heavy (non-hydrogen) atoms. The molecule has 7 nitrogen and oxygen atoms in total. The number of anilines is 1. The Labute approximate surface area is 180 Å². The monoisotopic (exact) mass is 432 g/mol. The van der Waals surface area contributed by atoms with Crippen LogP contribution in [0.2, 0.25) is 5.02 Å². The molecule has 0 heterocycles. The average molecular weight is 433 g/mol. The Balaban J connectivity index is 1.86. The molecule has 0 bridgehead atoms. The molecule has 0 saturated heterocycles. The van der Waals surface area contributed by atoms with Crippen molar-refractivity contribution in [2.75, 3.05) is 5.32 Å². The van der Waals surface area contributed by atoms with Gasteiger partial charge in [0, 0.05) is 17.3 Å². The Morgan fingerprint density at radius 1 is 1.03 bits per heavy atom. The van der Waals surface area contributed by atoms with E-state index in [1.807, 2.05) is 6.07 Å². The van der Waals surface area contributed by atoms with Gasteiger partial charge in [0.25, 0.3) is 5.91 Å². The molecule has 0 saturated carbocycles. The van der Waals surface area contributed by atoms with E-state index in [0.717, 1.165) is 5.56 Å². The van der Waals surface area contributed by atoms with Gasteiger partial charge in [0.1, 0.15) is 5.60 Å². The molecule has 2 amide bonds. The number of hydrogen-bond acceptors (Lipinski definition) is 5. The first-order valence-electron chi connectivity index (χ1n) is 9.37. The predicted octanol–water partition coefficient (Wildman–Crippen LogP) is 4.55. The van der Waals surface area contributed by atoms with Crippen molar-refractivity contribution in [3.63, 3.8) is 0 Å². The quantitative estimate of drug-likeness (QED) is 0.653. The molecule has 0 aliphatic rings. The zero-order valence-corrected chi connectivity index (χ0v) is 18.1. The van der Waals surface area contributed by atoms with E-state index in [2.05, 4.69) is 10.6 Å². The molecule has 0 aliphatic heterocycles. The number of rotatable bonds is 6. The Morgan fingerprint density at radius 3 is 2.27 bits per heavy atom. The topological polar surface area (TPSA) is 93.7 Å². The Bertz CT molecular complexity index is 906. The van der Waals surface area contributed by atoms with E-state index in [4.69, 9.17) is 21.1 Å². The van der Waals surface area contributed by atoms with Crippen LogP contribution in [0, 0.1) is 0 Å². The van der Waals surface area contributed by atoms with E-state index in [1.54, 1.807) is 51.1 Å². The Hall–Kier alpha value is -3.06. The molecule has 0 aliphatic carbocycles. The fourth-order valence-corrected chi connectivity index (χ4v) is 2.56. The van der Waals surface area contributed by atoms with Gasteiger partial charge in [0.05, 0.1) is 5.56 Å². The third-order valence-corrected chi connectivity index (χ3v) is 4.20. The van der Waals surface area contributed by atoms with Crippen LogP contribution in [-0.4, -0.2) is 29.7 Å². The highest BCUT2D eigenvalue weighted by molar-refractivity contribution is 6.31. The maximum atomic E-state index is 12.3. The third-order valence-electron chi connectivity index (χ3n) is 3.83. The van der Waals surface area contributed by atoms with Gasteiger partial charge in [-0.1, -0.05) is 29.8 Å². The van der Waals surface area contributed by atoms with Crippen molar-refractivity contribution in [1.82, 2.24) is 5.32 Å². The van der Waals surface area contributed by atoms with Crippen LogP contribution in [0.5, 0.6) is 0 Å². The average Bonchev–Trinajstić information content (AvgIpc) is 2.66. The van der Waals surface area contributed by atoms with E-state index in [-0.39, 0.29) is 12.1 Å². The molecular formula is C22H25ClN2O5. The van der Waals surface area contributed by atoms with E-state index in [1.165, 1.54) is 19.1 Å². The van der Waals surface area contributed by atoms with Crippen molar-refractivity contribution in [3.8, 4) is 0 Å². The first-order valence-corrected chi connectivity index (χ1v) is 9.75. The normalized spacial score (nSPS) is 11.9. The molecule has 0 fully saturated rings. The van der Waals surface area contributed by atoms with E-state index in [9.17, 15) is 14.4 Å². The molecule has 0 spiro atoms. The number of esters is 1. The van der Waals surface area contributed by atoms with Crippen LogP contribution in [0.3, 0.4) is 0 Å². The van der Waals surface area contributed by atoms with E-state index < -0.39 is 29.7 Å². The van der Waals surface area contributed by atoms with Crippen molar-refractivity contribution < 1.29 is 23.9 Å². The van der Waals surface area contributed by atoms with Gasteiger partial charge < -0.3 is 14.8 Å². The number of nitrogens with one attached hydrogen (secondary N) is 2. The first kappa shape index (κ1) is 23.2. The third kappa shape index (κ3) is 7.40. The second-order valence-corrected chi connectivity index (χ2v) is 7.97. The van der Waals surface area contributed by atoms with Crippen LogP contribution in [0.4, 0.5) is 10.5 Å². The summed E-state index contributed by atoms with van der Waals surface area (Å²) in [5.41, 5.74) is 0.858. The van der Waals surface area contributed by atoms with Crippen molar-refractivity contribution >= 4 is 35.3 Å². The number of carbonyl (C=O) groups excluding carboxylic acids is 3. The van der Waals surface area contributed by atoms with Crippen molar-refractivity contribution in [1.29, 1.82) is 0 Å². The van der Waals surface area contributed by atoms with Gasteiger partial charge in [0.15, 0.2) is 6.10 Å². The summed E-state index contributed by atoms with van der Waals surface area (Å²) < 4.78 is 10.4. The second kappa shape index (κ2) is 10.1. The smallest absolute Gasteiger partial charge is 0.412 e. The zero-order valence-electron chi connectivity index (χ0n) is 17.3. The van der Waals surface area contributed by atoms with Gasteiger partial charge >= 0.3 is 12.1 Å². The van der Waals surface area contributed by atoms with E-state index in [0.29, 0.717) is 10.7 Å². The van der Waals surface area contributed by atoms with Crippen LogP contribution < -0.4 is 10.6 Å². The summed E-state index contributed by atoms with van der Waals surface area (Å²) in [4.78, 5) is 36.2. The summed E-state index contributed by atoms with van der Waals surface area (Å²) in [5.74, 6) is -1.09. The molecule has 2 rings (SSSR count). The highest BCUT2D eigenvalue weighted by Gasteiger charge is 2.20. The molecule has 2 aromatic rings. The number of amides is 2. The zero-order chi connectivity index (χ0) is 22.3. The van der Waals surface area contributed by atoms with Crippen LogP contribution >= 0.6 is 11.6 Å². The van der Waals surface area contributed by atoms with Crippen molar-refractivity contribution in [2.24, 2.45) is 0 Å². The lowest BCUT2D eigenvalue weighted by atomic mass is 10.2. The summed E-state index contributed by atoms with van der Waals surface area (Å²) in [6, 6.07) is 13.2. The number of hydrogen-bond donors (Lipinski definition) is 2. The SMILES string of the molecule is CC(OC(=O)c1ccc(NC(=O)OC(C)(C)C)cc1)C(=O)NCc1ccccc1Cl. The molecule has 8 heteroatoms. The van der Waals surface area contributed by atoms with Crippen LogP contribution in [0.25, 0.3) is 0 Å². The van der Waals surface area contributed by atoms with Crippen LogP contribution in [0.15, 0.2) is 48.5 Å². The van der Waals surface area contributed by atoms with Crippen molar-refractivity contribution in [2.45, 2.75) is 45.9 Å². The molecule has 2 N–H and O–H groups in total. The minimum atomic E-state index is -0.987. The van der Waals surface area contributed by atoms with Gasteiger partial charge in [-0.05, 0) is 63.6 Å². The number of ether oxygens (including phenoxy) is 2. The number of benzene rings is 2. The summed E-state index contributed by atoms with van der Waals surface area (Å²) in [7, 11) is 0. The van der Waals surface area contributed by atoms with Gasteiger partial charge in [-0.15, -0.1) is 0 Å². The highest BCUT2D eigenvalue weighted by atomic mass is 35.5. The number of carbonyl (C=O) groups is 3. The Kier molecular flexibility index (Phi) is 7.83. The summed E-state index contributed by atoms with van der Waals surface area (Å²) in [5, 5.41) is 5.80. The lowest BCUT2D eigenvalue weighted by Crippen LogP contribution is -2.35. The molecule has 0 aromatic heterocycles. The molecule has 1 atom stereocenters. The maximum absolute atomic E-state index is 12.3. The number of halogens is 1. The minimum Gasteiger partial charge on any atom is -0.449 e. The van der Waals surface area contributed by atoms with Gasteiger partial charge in [-0.2, -0.15) is 0 Å². The Morgan fingerprint density at radius 2 is 1.67 bits per heavy atom. The molecule has 2 aromatic carbocycles. The molecule has 160 valence electrons. The largest absolute Gasteiger partial charge is 0.449 e. The second-order valence-electron chi connectivity index (χ2n) is 7.56.